The second kappa shape index (κ2) is 9.72. The Kier molecular flexibility index (Phi) is 6.58. The van der Waals surface area contributed by atoms with Crippen molar-refractivity contribution in [3.63, 3.8) is 0 Å². The fraction of sp³-hybridized carbons (Fsp3) is 0.0400. The average molecular weight is 462 g/mol. The maximum absolute atomic E-state index is 13.1. The summed E-state index contributed by atoms with van der Waals surface area (Å²) < 4.78 is 40.9. The number of carbonyl (C=O) groups excluding carboxylic acids is 1. The summed E-state index contributed by atoms with van der Waals surface area (Å²) >= 11 is 0. The predicted molar refractivity (Wildman–Crippen MR) is 124 cm³/mol. The molecule has 166 valence electrons. The van der Waals surface area contributed by atoms with Gasteiger partial charge in [0.2, 0.25) is 10.0 Å². The van der Waals surface area contributed by atoms with Crippen LogP contribution in [0.5, 0.6) is 0 Å². The number of nitrogens with zero attached hydrogens (tertiary/aromatic N) is 1. The first-order valence-electron chi connectivity index (χ1n) is 10.1. The van der Waals surface area contributed by atoms with Gasteiger partial charge < -0.3 is 5.32 Å². The normalized spacial score (nSPS) is 11.2. The number of rotatable bonds is 7. The van der Waals surface area contributed by atoms with Gasteiger partial charge in [0, 0.05) is 18.3 Å². The number of halogens is 1. The summed E-state index contributed by atoms with van der Waals surface area (Å²) in [6, 6.07) is 22.5. The molecule has 0 spiro atoms. The number of aromatic nitrogens is 1. The smallest absolute Gasteiger partial charge is 0.255 e. The van der Waals surface area contributed by atoms with Crippen LogP contribution in [0.2, 0.25) is 0 Å². The van der Waals surface area contributed by atoms with Crippen molar-refractivity contribution in [3.05, 3.63) is 114 Å². The van der Waals surface area contributed by atoms with E-state index in [1.165, 1.54) is 24.3 Å². The third-order valence-corrected chi connectivity index (χ3v) is 6.36. The van der Waals surface area contributed by atoms with E-state index >= 15 is 0 Å². The minimum Gasteiger partial charge on any atom is -0.321 e. The minimum absolute atomic E-state index is 0.0759. The van der Waals surface area contributed by atoms with Crippen LogP contribution in [0.15, 0.2) is 102 Å². The van der Waals surface area contributed by atoms with Crippen LogP contribution in [0.25, 0.3) is 11.1 Å². The van der Waals surface area contributed by atoms with Crippen LogP contribution in [-0.4, -0.2) is 19.3 Å². The lowest BCUT2D eigenvalue weighted by Gasteiger charge is -2.09. The predicted octanol–water partition coefficient (Wildman–Crippen LogP) is 4.62. The highest BCUT2D eigenvalue weighted by molar-refractivity contribution is 7.89. The van der Waals surface area contributed by atoms with E-state index in [1.54, 1.807) is 73.1 Å². The number of pyridine rings is 1. The molecule has 6 nitrogen and oxygen atoms in total. The van der Waals surface area contributed by atoms with Crippen LogP contribution in [0.1, 0.15) is 15.9 Å². The molecule has 1 amide bonds. The third-order valence-electron chi connectivity index (χ3n) is 4.94. The van der Waals surface area contributed by atoms with Crippen molar-refractivity contribution in [1.82, 2.24) is 9.71 Å². The molecule has 0 aliphatic rings. The molecular formula is C25H20FN3O3S. The Bertz CT molecular complexity index is 1340. The topological polar surface area (TPSA) is 88.2 Å². The van der Waals surface area contributed by atoms with Gasteiger partial charge in [0.1, 0.15) is 5.82 Å². The van der Waals surface area contributed by atoms with Gasteiger partial charge in [0.05, 0.1) is 16.8 Å². The fourth-order valence-electron chi connectivity index (χ4n) is 3.14. The zero-order chi connectivity index (χ0) is 23.3. The van der Waals surface area contributed by atoms with Gasteiger partial charge in [-0.2, -0.15) is 0 Å². The molecule has 0 saturated heterocycles. The van der Waals surface area contributed by atoms with Gasteiger partial charge in [0.25, 0.3) is 5.91 Å². The third kappa shape index (κ3) is 5.68. The van der Waals surface area contributed by atoms with Crippen LogP contribution < -0.4 is 10.0 Å². The molecule has 1 aromatic heterocycles. The van der Waals surface area contributed by atoms with Crippen LogP contribution >= 0.6 is 0 Å². The lowest BCUT2D eigenvalue weighted by atomic mass is 10.1. The van der Waals surface area contributed by atoms with Crippen molar-refractivity contribution < 1.29 is 17.6 Å². The number of benzene rings is 3. The summed E-state index contributed by atoms with van der Waals surface area (Å²) in [5.74, 6) is -0.610. The maximum Gasteiger partial charge on any atom is 0.255 e. The van der Waals surface area contributed by atoms with Crippen molar-refractivity contribution in [2.24, 2.45) is 0 Å². The van der Waals surface area contributed by atoms with E-state index in [0.717, 1.165) is 11.1 Å². The van der Waals surface area contributed by atoms with E-state index in [1.807, 2.05) is 0 Å². The lowest BCUT2D eigenvalue weighted by Crippen LogP contribution is -2.23. The van der Waals surface area contributed by atoms with Gasteiger partial charge in [-0.1, -0.05) is 36.4 Å². The van der Waals surface area contributed by atoms with Gasteiger partial charge in [-0.05, 0) is 65.2 Å². The number of carbonyl (C=O) groups is 1. The highest BCUT2D eigenvalue weighted by atomic mass is 32.2. The molecule has 1 heterocycles. The number of sulfonamides is 1. The molecule has 0 aliphatic heterocycles. The van der Waals surface area contributed by atoms with Crippen LogP contribution in [0.3, 0.4) is 0 Å². The number of hydrogen-bond donors (Lipinski definition) is 2. The highest BCUT2D eigenvalue weighted by Crippen LogP contribution is 2.22. The average Bonchev–Trinajstić information content (AvgIpc) is 2.84. The Morgan fingerprint density at radius 3 is 2.09 bits per heavy atom. The molecule has 4 rings (SSSR count). The number of anilines is 1. The summed E-state index contributed by atoms with van der Waals surface area (Å²) in [6.07, 6.45) is 3.17. The van der Waals surface area contributed by atoms with Crippen molar-refractivity contribution in [3.8, 4) is 11.1 Å². The molecule has 3 aromatic carbocycles. The molecule has 0 unspecified atom stereocenters. The van der Waals surface area contributed by atoms with Crippen LogP contribution in [0.4, 0.5) is 10.1 Å². The second-order valence-electron chi connectivity index (χ2n) is 7.25. The summed E-state index contributed by atoms with van der Waals surface area (Å²) in [4.78, 5) is 16.4. The van der Waals surface area contributed by atoms with Gasteiger partial charge in [-0.25, -0.2) is 17.5 Å². The van der Waals surface area contributed by atoms with Gasteiger partial charge in [-0.3, -0.25) is 9.78 Å². The van der Waals surface area contributed by atoms with Crippen LogP contribution in [0, 0.1) is 5.82 Å². The standard InChI is InChI=1S/C25H20FN3O3S/c26-22-11-7-19(8-12-22)20-9-13-24(14-10-20)33(31,32)28-16-18-3-5-21(6-4-18)25(30)29-23-2-1-15-27-17-23/h1-15,17,28H,16H2,(H,29,30). The zero-order valence-corrected chi connectivity index (χ0v) is 18.2. The Balaban J connectivity index is 1.37. The Labute approximate surface area is 191 Å². The van der Waals surface area contributed by atoms with Gasteiger partial charge in [0.15, 0.2) is 0 Å². The van der Waals surface area contributed by atoms with Crippen molar-refractivity contribution in [1.29, 1.82) is 0 Å². The molecule has 2 N–H and O–H groups in total. The minimum atomic E-state index is -3.73. The molecule has 0 atom stereocenters. The van der Waals surface area contributed by atoms with Gasteiger partial charge >= 0.3 is 0 Å². The quantitative estimate of drug-likeness (QED) is 0.420. The summed E-state index contributed by atoms with van der Waals surface area (Å²) in [6.45, 7) is 0.0759. The number of nitrogens with one attached hydrogen (secondary N) is 2. The lowest BCUT2D eigenvalue weighted by molar-refractivity contribution is 0.102. The molecule has 0 fully saturated rings. The molecule has 0 saturated carbocycles. The van der Waals surface area contributed by atoms with E-state index < -0.39 is 10.0 Å². The first-order valence-corrected chi connectivity index (χ1v) is 11.5. The molecule has 4 aromatic rings. The van der Waals surface area contributed by atoms with E-state index in [9.17, 15) is 17.6 Å². The van der Waals surface area contributed by atoms with Crippen molar-refractivity contribution in [2.45, 2.75) is 11.4 Å². The number of amides is 1. The van der Waals surface area contributed by atoms with Crippen LogP contribution in [-0.2, 0) is 16.6 Å². The van der Waals surface area contributed by atoms with Crippen molar-refractivity contribution in [2.75, 3.05) is 5.32 Å². The SMILES string of the molecule is O=C(Nc1cccnc1)c1ccc(CNS(=O)(=O)c2ccc(-c3ccc(F)cc3)cc2)cc1. The second-order valence-corrected chi connectivity index (χ2v) is 9.02. The molecule has 0 bridgehead atoms. The zero-order valence-electron chi connectivity index (χ0n) is 17.4. The first-order chi connectivity index (χ1) is 15.9. The number of hydrogen-bond acceptors (Lipinski definition) is 4. The van der Waals surface area contributed by atoms with Crippen molar-refractivity contribution >= 4 is 21.6 Å². The summed E-state index contributed by atoms with van der Waals surface area (Å²) in [5.41, 5.74) is 3.32. The van der Waals surface area contributed by atoms with E-state index in [0.29, 0.717) is 16.8 Å². The van der Waals surface area contributed by atoms with E-state index in [-0.39, 0.29) is 23.2 Å². The first kappa shape index (κ1) is 22.3. The molecule has 0 aliphatic carbocycles. The Morgan fingerprint density at radius 2 is 1.48 bits per heavy atom. The molecule has 0 radical (unpaired) electrons. The summed E-state index contributed by atoms with van der Waals surface area (Å²) in [5, 5.41) is 2.74. The van der Waals surface area contributed by atoms with E-state index in [4.69, 9.17) is 0 Å². The van der Waals surface area contributed by atoms with E-state index in [2.05, 4.69) is 15.0 Å². The largest absolute Gasteiger partial charge is 0.321 e. The van der Waals surface area contributed by atoms with Gasteiger partial charge in [-0.15, -0.1) is 0 Å². The fourth-order valence-corrected chi connectivity index (χ4v) is 4.16. The molecule has 33 heavy (non-hydrogen) atoms. The highest BCUT2D eigenvalue weighted by Gasteiger charge is 2.14. The monoisotopic (exact) mass is 461 g/mol. The Hall–Kier alpha value is -3.88. The summed E-state index contributed by atoms with van der Waals surface area (Å²) in [7, 11) is -3.73. The molecule has 8 heteroatoms. The maximum atomic E-state index is 13.1. The molecular weight excluding hydrogens is 441 g/mol. The Morgan fingerprint density at radius 1 is 0.848 bits per heavy atom.